The molecular weight excluding hydrogens is 443 g/mol. The van der Waals surface area contributed by atoms with Gasteiger partial charge in [-0.15, -0.1) is 5.10 Å². The normalized spacial score (nSPS) is 18.0. The Labute approximate surface area is 165 Å². The molecule has 1 fully saturated rings. The van der Waals surface area contributed by atoms with E-state index >= 15 is 0 Å². The molecule has 7 nitrogen and oxygen atoms in total. The molecular formula is C17H15BrF3N5O2. The summed E-state index contributed by atoms with van der Waals surface area (Å²) in [5.74, 6) is 0.324. The molecule has 1 aromatic carbocycles. The molecule has 148 valence electrons. The van der Waals surface area contributed by atoms with Crippen molar-refractivity contribution in [1.82, 2.24) is 19.7 Å². The first kappa shape index (κ1) is 18.9. The van der Waals surface area contributed by atoms with Crippen molar-refractivity contribution in [2.45, 2.75) is 19.1 Å². The molecule has 1 aliphatic heterocycles. The summed E-state index contributed by atoms with van der Waals surface area (Å²) in [6.07, 6.45) is -3.32. The third-order valence-electron chi connectivity index (χ3n) is 4.53. The fourth-order valence-electron chi connectivity index (χ4n) is 3.14. The van der Waals surface area contributed by atoms with Crippen molar-refractivity contribution in [3.05, 3.63) is 44.8 Å². The number of halogens is 4. The summed E-state index contributed by atoms with van der Waals surface area (Å²) in [6.45, 7) is 3.46. The van der Waals surface area contributed by atoms with Crippen molar-refractivity contribution in [2.75, 3.05) is 24.7 Å². The van der Waals surface area contributed by atoms with Crippen LogP contribution in [0.2, 0.25) is 0 Å². The highest BCUT2D eigenvalue weighted by molar-refractivity contribution is 9.10. The van der Waals surface area contributed by atoms with Gasteiger partial charge < -0.3 is 9.64 Å². The van der Waals surface area contributed by atoms with Gasteiger partial charge in [-0.25, -0.2) is 4.68 Å². The molecule has 1 N–H and O–H groups in total. The van der Waals surface area contributed by atoms with Crippen molar-refractivity contribution in [3.63, 3.8) is 0 Å². The predicted octanol–water partition coefficient (Wildman–Crippen LogP) is 3.12. The number of nitrogens with zero attached hydrogens (tertiary/aromatic N) is 4. The Bertz CT molecular complexity index is 1090. The van der Waals surface area contributed by atoms with Crippen molar-refractivity contribution in [1.29, 1.82) is 0 Å². The minimum atomic E-state index is -4.58. The van der Waals surface area contributed by atoms with Gasteiger partial charge in [0.15, 0.2) is 5.65 Å². The minimum absolute atomic E-state index is 0.000240. The largest absolute Gasteiger partial charge is 0.418 e. The first-order valence-corrected chi connectivity index (χ1v) is 9.24. The number of hydrogen-bond donors (Lipinski definition) is 1. The second kappa shape index (κ2) is 6.89. The summed E-state index contributed by atoms with van der Waals surface area (Å²) in [4.78, 5) is 21.4. The van der Waals surface area contributed by atoms with E-state index in [1.165, 1.54) is 18.3 Å². The summed E-state index contributed by atoms with van der Waals surface area (Å²) < 4.78 is 47.0. The molecule has 3 aromatic rings. The lowest BCUT2D eigenvalue weighted by molar-refractivity contribution is -0.137. The van der Waals surface area contributed by atoms with Crippen molar-refractivity contribution in [3.8, 4) is 5.69 Å². The van der Waals surface area contributed by atoms with Gasteiger partial charge >= 0.3 is 6.18 Å². The molecule has 3 heterocycles. The second-order valence-electron chi connectivity index (χ2n) is 6.48. The molecule has 0 aliphatic carbocycles. The zero-order valence-corrected chi connectivity index (χ0v) is 16.2. The summed E-state index contributed by atoms with van der Waals surface area (Å²) in [5.41, 5.74) is -1.44. The van der Waals surface area contributed by atoms with E-state index in [0.29, 0.717) is 30.2 Å². The Hall–Kier alpha value is -2.40. The number of aromatic amines is 1. The van der Waals surface area contributed by atoms with E-state index in [4.69, 9.17) is 4.74 Å². The van der Waals surface area contributed by atoms with Crippen LogP contribution in [-0.4, -0.2) is 45.5 Å². The number of anilines is 1. The Kier molecular flexibility index (Phi) is 4.66. The number of alkyl halides is 3. The summed E-state index contributed by atoms with van der Waals surface area (Å²) in [5, 5.41) is 4.25. The lowest BCUT2D eigenvalue weighted by atomic mass is 10.1. The van der Waals surface area contributed by atoms with Gasteiger partial charge in [0.05, 0.1) is 30.5 Å². The average molecular weight is 458 g/mol. The lowest BCUT2D eigenvalue weighted by Crippen LogP contribution is -2.45. The van der Waals surface area contributed by atoms with Crippen LogP contribution in [0.15, 0.2) is 33.7 Å². The van der Waals surface area contributed by atoms with E-state index in [1.807, 2.05) is 11.8 Å². The van der Waals surface area contributed by atoms with Crippen molar-refractivity contribution >= 4 is 32.9 Å². The maximum absolute atomic E-state index is 13.4. The van der Waals surface area contributed by atoms with E-state index < -0.39 is 17.3 Å². The molecule has 0 unspecified atom stereocenters. The lowest BCUT2D eigenvalue weighted by Gasteiger charge is -2.33. The number of benzene rings is 1. The standard InChI is InChI=1S/C17H15BrF3N5O2/c1-9-8-28-5-4-25(9)16-22-14-11(15(27)23-16)7-26(24-14)13-3-2-10(18)6-12(13)17(19,20)21/h2-3,6-7,9H,4-5,8H2,1H3,(H,22,23,24,27)/t9-/m1/s1. The molecule has 4 rings (SSSR count). The zero-order valence-electron chi connectivity index (χ0n) is 14.6. The van der Waals surface area contributed by atoms with Gasteiger partial charge in [-0.3, -0.25) is 9.78 Å². The summed E-state index contributed by atoms with van der Waals surface area (Å²) in [7, 11) is 0. The molecule has 0 saturated carbocycles. The zero-order chi connectivity index (χ0) is 20.1. The molecule has 1 saturated heterocycles. The van der Waals surface area contributed by atoms with Crippen LogP contribution in [0.25, 0.3) is 16.7 Å². The molecule has 0 bridgehead atoms. The topological polar surface area (TPSA) is 76.0 Å². The van der Waals surface area contributed by atoms with E-state index in [2.05, 4.69) is 31.0 Å². The van der Waals surface area contributed by atoms with Crippen LogP contribution in [0.4, 0.5) is 19.1 Å². The van der Waals surface area contributed by atoms with Gasteiger partial charge in [-0.05, 0) is 25.1 Å². The number of rotatable bonds is 2. The van der Waals surface area contributed by atoms with Crippen molar-refractivity contribution < 1.29 is 17.9 Å². The maximum Gasteiger partial charge on any atom is 0.418 e. The Morgan fingerprint density at radius 3 is 2.86 bits per heavy atom. The van der Waals surface area contributed by atoms with Crippen LogP contribution in [0.1, 0.15) is 12.5 Å². The van der Waals surface area contributed by atoms with Gasteiger partial charge in [0.25, 0.3) is 5.56 Å². The smallest absolute Gasteiger partial charge is 0.377 e. The summed E-state index contributed by atoms with van der Waals surface area (Å²) >= 11 is 3.05. The fraction of sp³-hybridized carbons (Fsp3) is 0.353. The number of morpholine rings is 1. The van der Waals surface area contributed by atoms with Crippen LogP contribution in [0, 0.1) is 0 Å². The van der Waals surface area contributed by atoms with Crippen LogP contribution in [0.5, 0.6) is 0 Å². The molecule has 1 aliphatic rings. The molecule has 0 amide bonds. The SMILES string of the molecule is C[C@@H]1COCCN1c1nc2nn(-c3ccc(Br)cc3C(F)(F)F)cc2c(=O)[nH]1. The Morgan fingerprint density at radius 2 is 2.14 bits per heavy atom. The van der Waals surface area contributed by atoms with Crippen LogP contribution >= 0.6 is 15.9 Å². The fourth-order valence-corrected chi connectivity index (χ4v) is 3.50. The Balaban J connectivity index is 1.83. The van der Waals surface area contributed by atoms with E-state index in [9.17, 15) is 18.0 Å². The van der Waals surface area contributed by atoms with E-state index in [0.717, 1.165) is 10.7 Å². The Morgan fingerprint density at radius 1 is 1.36 bits per heavy atom. The molecule has 1 atom stereocenters. The van der Waals surface area contributed by atoms with E-state index in [-0.39, 0.29) is 22.8 Å². The first-order chi connectivity index (χ1) is 13.2. The molecule has 0 spiro atoms. The van der Waals surface area contributed by atoms with Crippen LogP contribution in [0.3, 0.4) is 0 Å². The number of H-pyrrole nitrogens is 1. The highest BCUT2D eigenvalue weighted by Gasteiger charge is 2.34. The number of hydrogen-bond acceptors (Lipinski definition) is 5. The van der Waals surface area contributed by atoms with Crippen LogP contribution in [-0.2, 0) is 10.9 Å². The monoisotopic (exact) mass is 457 g/mol. The second-order valence-corrected chi connectivity index (χ2v) is 7.39. The predicted molar refractivity (Wildman–Crippen MR) is 99.8 cm³/mol. The molecule has 2 aromatic heterocycles. The molecule has 0 radical (unpaired) electrons. The molecule has 11 heteroatoms. The van der Waals surface area contributed by atoms with Gasteiger partial charge in [0, 0.05) is 17.2 Å². The number of aromatic nitrogens is 4. The van der Waals surface area contributed by atoms with Gasteiger partial charge in [-0.2, -0.15) is 18.2 Å². The van der Waals surface area contributed by atoms with Crippen LogP contribution < -0.4 is 10.5 Å². The van der Waals surface area contributed by atoms with Gasteiger partial charge in [0.1, 0.15) is 5.39 Å². The minimum Gasteiger partial charge on any atom is -0.377 e. The highest BCUT2D eigenvalue weighted by atomic mass is 79.9. The van der Waals surface area contributed by atoms with Crippen molar-refractivity contribution in [2.24, 2.45) is 0 Å². The number of fused-ring (bicyclic) bond motifs is 1. The van der Waals surface area contributed by atoms with E-state index in [1.54, 1.807) is 0 Å². The highest BCUT2D eigenvalue weighted by Crippen LogP contribution is 2.35. The summed E-state index contributed by atoms with van der Waals surface area (Å²) in [6, 6.07) is 3.74. The molecule has 28 heavy (non-hydrogen) atoms. The third kappa shape index (κ3) is 3.39. The quantitative estimate of drug-likeness (QED) is 0.639. The third-order valence-corrected chi connectivity index (χ3v) is 5.02. The van der Waals surface area contributed by atoms with Gasteiger partial charge in [-0.1, -0.05) is 15.9 Å². The van der Waals surface area contributed by atoms with Gasteiger partial charge in [0.2, 0.25) is 5.95 Å². The first-order valence-electron chi connectivity index (χ1n) is 8.45. The maximum atomic E-state index is 13.4. The average Bonchev–Trinajstić information content (AvgIpc) is 3.06. The number of ether oxygens (including phenoxy) is 1. The number of nitrogens with one attached hydrogen (secondary N) is 1.